The van der Waals surface area contributed by atoms with E-state index in [1.54, 1.807) is 0 Å². The normalized spacial score (nSPS) is 17.2. The summed E-state index contributed by atoms with van der Waals surface area (Å²) in [5.74, 6) is -0.195. The lowest BCUT2D eigenvalue weighted by Gasteiger charge is -2.11. The minimum Gasteiger partial charge on any atom is -0.481 e. The van der Waals surface area contributed by atoms with Crippen LogP contribution in [0.5, 0.6) is 0 Å². The molecule has 0 bridgehead atoms. The number of rotatable bonds is 3. The van der Waals surface area contributed by atoms with Gasteiger partial charge in [-0.2, -0.15) is 0 Å². The molecule has 16 heavy (non-hydrogen) atoms. The van der Waals surface area contributed by atoms with E-state index in [4.69, 9.17) is 9.52 Å². The summed E-state index contributed by atoms with van der Waals surface area (Å²) in [6.07, 6.45) is 4.05. The van der Waals surface area contributed by atoms with Crippen LogP contribution < -0.4 is 0 Å². The summed E-state index contributed by atoms with van der Waals surface area (Å²) in [5, 5.41) is 9.16. The first kappa shape index (κ1) is 11.2. The molecule has 0 aliphatic heterocycles. The number of aryl methyl sites for hydroxylation is 2. The van der Waals surface area contributed by atoms with Gasteiger partial charge in [0, 0.05) is 6.42 Å². The largest absolute Gasteiger partial charge is 0.481 e. The van der Waals surface area contributed by atoms with Crippen LogP contribution in [0.25, 0.3) is 0 Å². The van der Waals surface area contributed by atoms with Crippen molar-refractivity contribution in [2.75, 3.05) is 0 Å². The number of hydrogen-bond donors (Lipinski definition) is 1. The Morgan fingerprint density at radius 3 is 2.62 bits per heavy atom. The lowest BCUT2D eigenvalue weighted by molar-refractivity contribution is -0.140. The zero-order valence-electron chi connectivity index (χ0n) is 9.69. The summed E-state index contributed by atoms with van der Waals surface area (Å²) in [6, 6.07) is 0. The molecule has 88 valence electrons. The second-order valence-electron chi connectivity index (χ2n) is 4.69. The van der Waals surface area contributed by atoms with Gasteiger partial charge >= 0.3 is 5.97 Å². The fourth-order valence-electron chi connectivity index (χ4n) is 2.18. The van der Waals surface area contributed by atoms with Crippen LogP contribution in [0.4, 0.5) is 0 Å². The van der Waals surface area contributed by atoms with Gasteiger partial charge in [-0.25, -0.2) is 4.98 Å². The summed E-state index contributed by atoms with van der Waals surface area (Å²) in [7, 11) is 0. The highest BCUT2D eigenvalue weighted by Crippen LogP contribution is 2.29. The molecule has 0 spiro atoms. The lowest BCUT2D eigenvalue weighted by atomic mass is 9.96. The molecule has 1 N–H and O–H groups in total. The van der Waals surface area contributed by atoms with Crippen LogP contribution in [-0.2, 0) is 17.6 Å². The Balaban J connectivity index is 2.31. The first-order chi connectivity index (χ1) is 7.59. The van der Waals surface area contributed by atoms with Crippen molar-refractivity contribution in [2.45, 2.75) is 45.4 Å². The Morgan fingerprint density at radius 1 is 1.38 bits per heavy atom. The minimum atomic E-state index is -0.853. The highest BCUT2D eigenvalue weighted by molar-refractivity contribution is 5.74. The minimum absolute atomic E-state index is 0.00222. The van der Waals surface area contributed by atoms with Crippen LogP contribution in [0.3, 0.4) is 0 Å². The molecule has 1 heterocycles. The fraction of sp³-hybridized carbons (Fsp3) is 0.667. The first-order valence-corrected chi connectivity index (χ1v) is 5.81. The predicted molar refractivity (Wildman–Crippen MR) is 58.4 cm³/mol. The quantitative estimate of drug-likeness (QED) is 0.854. The molecule has 0 amide bonds. The van der Waals surface area contributed by atoms with Crippen LogP contribution in [-0.4, -0.2) is 16.1 Å². The van der Waals surface area contributed by atoms with E-state index in [0.717, 1.165) is 37.1 Å². The summed E-state index contributed by atoms with van der Waals surface area (Å²) in [4.78, 5) is 15.5. The molecular formula is C12H17NO3. The van der Waals surface area contributed by atoms with Crippen molar-refractivity contribution in [3.8, 4) is 0 Å². The molecule has 0 fully saturated rings. The van der Waals surface area contributed by atoms with Crippen molar-refractivity contribution >= 4 is 5.97 Å². The third-order valence-electron chi connectivity index (χ3n) is 3.06. The maximum absolute atomic E-state index is 11.2. The SMILES string of the molecule is CC(C)C(C(=O)O)c1nc2c(o1)CCCC2. The summed E-state index contributed by atoms with van der Waals surface area (Å²) in [6.45, 7) is 3.75. The van der Waals surface area contributed by atoms with E-state index in [0.29, 0.717) is 5.89 Å². The van der Waals surface area contributed by atoms with Crippen molar-refractivity contribution < 1.29 is 14.3 Å². The van der Waals surface area contributed by atoms with Crippen LogP contribution in [0.1, 0.15) is 50.0 Å². The zero-order valence-corrected chi connectivity index (χ0v) is 9.69. The van der Waals surface area contributed by atoms with Crippen molar-refractivity contribution in [2.24, 2.45) is 5.92 Å². The van der Waals surface area contributed by atoms with Crippen LogP contribution >= 0.6 is 0 Å². The molecule has 0 saturated carbocycles. The van der Waals surface area contributed by atoms with Crippen molar-refractivity contribution in [1.82, 2.24) is 4.98 Å². The Bertz CT molecular complexity index is 371. The van der Waals surface area contributed by atoms with Crippen molar-refractivity contribution in [3.63, 3.8) is 0 Å². The molecule has 0 aromatic carbocycles. The van der Waals surface area contributed by atoms with Crippen LogP contribution in [0, 0.1) is 5.92 Å². The van der Waals surface area contributed by atoms with E-state index < -0.39 is 11.9 Å². The molecule has 1 aliphatic rings. The average Bonchev–Trinajstić information content (AvgIpc) is 2.58. The molecule has 0 radical (unpaired) electrons. The molecule has 2 rings (SSSR count). The highest BCUT2D eigenvalue weighted by atomic mass is 16.4. The predicted octanol–water partition coefficient (Wildman–Crippen LogP) is 2.38. The van der Waals surface area contributed by atoms with Gasteiger partial charge in [-0.05, 0) is 25.2 Å². The van der Waals surface area contributed by atoms with Gasteiger partial charge < -0.3 is 9.52 Å². The second kappa shape index (κ2) is 4.28. The van der Waals surface area contributed by atoms with E-state index >= 15 is 0 Å². The molecule has 4 nitrogen and oxygen atoms in total. The van der Waals surface area contributed by atoms with Gasteiger partial charge in [0.25, 0.3) is 0 Å². The number of aliphatic carboxylic acids is 1. The Kier molecular flexibility index (Phi) is 2.99. The van der Waals surface area contributed by atoms with Gasteiger partial charge in [-0.1, -0.05) is 13.8 Å². The summed E-state index contributed by atoms with van der Waals surface area (Å²) >= 11 is 0. The van der Waals surface area contributed by atoms with E-state index in [-0.39, 0.29) is 5.92 Å². The average molecular weight is 223 g/mol. The van der Waals surface area contributed by atoms with Gasteiger partial charge in [0.2, 0.25) is 5.89 Å². The van der Waals surface area contributed by atoms with Gasteiger partial charge in [-0.3, -0.25) is 4.79 Å². The Labute approximate surface area is 94.7 Å². The number of oxazole rings is 1. The summed E-state index contributed by atoms with van der Waals surface area (Å²) < 4.78 is 5.60. The lowest BCUT2D eigenvalue weighted by Crippen LogP contribution is -2.17. The third kappa shape index (κ3) is 1.96. The molecule has 1 atom stereocenters. The number of nitrogens with zero attached hydrogens (tertiary/aromatic N) is 1. The van der Waals surface area contributed by atoms with E-state index in [1.165, 1.54) is 0 Å². The smallest absolute Gasteiger partial charge is 0.316 e. The number of carbonyl (C=O) groups is 1. The topological polar surface area (TPSA) is 63.3 Å². The summed E-state index contributed by atoms with van der Waals surface area (Å²) in [5.41, 5.74) is 0.966. The third-order valence-corrected chi connectivity index (χ3v) is 3.06. The van der Waals surface area contributed by atoms with Crippen LogP contribution in [0.2, 0.25) is 0 Å². The molecule has 1 aromatic heterocycles. The zero-order chi connectivity index (χ0) is 11.7. The first-order valence-electron chi connectivity index (χ1n) is 5.81. The molecular weight excluding hydrogens is 206 g/mol. The van der Waals surface area contributed by atoms with Gasteiger partial charge in [0.15, 0.2) is 0 Å². The number of fused-ring (bicyclic) bond motifs is 1. The molecule has 1 aliphatic carbocycles. The fourth-order valence-corrected chi connectivity index (χ4v) is 2.18. The van der Waals surface area contributed by atoms with Gasteiger partial charge in [-0.15, -0.1) is 0 Å². The standard InChI is InChI=1S/C12H17NO3/c1-7(2)10(12(14)15)11-13-8-5-3-4-6-9(8)16-11/h7,10H,3-6H2,1-2H3,(H,14,15). The molecule has 1 aromatic rings. The number of carboxylic acid groups (broad SMARTS) is 1. The van der Waals surface area contributed by atoms with Gasteiger partial charge in [0.1, 0.15) is 11.7 Å². The Hall–Kier alpha value is -1.32. The molecule has 1 unspecified atom stereocenters. The second-order valence-corrected chi connectivity index (χ2v) is 4.69. The maximum Gasteiger partial charge on any atom is 0.316 e. The van der Waals surface area contributed by atoms with Crippen molar-refractivity contribution in [1.29, 1.82) is 0 Å². The van der Waals surface area contributed by atoms with Crippen LogP contribution in [0.15, 0.2) is 4.42 Å². The van der Waals surface area contributed by atoms with E-state index in [9.17, 15) is 4.79 Å². The van der Waals surface area contributed by atoms with Crippen molar-refractivity contribution in [3.05, 3.63) is 17.3 Å². The van der Waals surface area contributed by atoms with E-state index in [1.807, 2.05) is 13.8 Å². The number of hydrogen-bond acceptors (Lipinski definition) is 3. The molecule has 0 saturated heterocycles. The number of carboxylic acids is 1. The van der Waals surface area contributed by atoms with Gasteiger partial charge in [0.05, 0.1) is 5.69 Å². The van der Waals surface area contributed by atoms with E-state index in [2.05, 4.69) is 4.98 Å². The number of aromatic nitrogens is 1. The maximum atomic E-state index is 11.2. The molecule has 4 heteroatoms. The highest BCUT2D eigenvalue weighted by Gasteiger charge is 2.30. The Morgan fingerprint density at radius 2 is 2.06 bits per heavy atom. The monoisotopic (exact) mass is 223 g/mol.